The molecule has 3 atom stereocenters. The molecule has 9 rings (SSSR count). The predicted molar refractivity (Wildman–Crippen MR) is 209 cm³/mol. The lowest BCUT2D eigenvalue weighted by atomic mass is 9.78. The molecule has 322 valence electrons. The molecule has 1 amide bonds. The topological polar surface area (TPSA) is 127 Å². The van der Waals surface area contributed by atoms with E-state index in [-0.39, 0.29) is 68.6 Å². The molecule has 0 spiro atoms. The standard InChI is InChI=1S/C40H35ClF8N8O3S/c1-55-34-29(9-8-26(41)32(34)37(53-55)54-61(2,59)60)56-16-19-6-7-21(39(46,47)20-4-3-5-20)13-27(19)51-38(56)28(12-18-10-22(42)14-23(43)11-18)50-30(58)17-57-35-31(33(52-57)36(44)45)24-15-25(24)40(35,48)49/h6-11,13-14,20,24-25,28,36H,3-5,12,15-17H2,1-2H3,(H,50,58)(H,53,54)/t24-,25+,28-/m0/s1. The first-order chi connectivity index (χ1) is 28.7. The van der Waals surface area contributed by atoms with Gasteiger partial charge in [0.1, 0.15) is 35.4 Å². The van der Waals surface area contributed by atoms with Gasteiger partial charge < -0.3 is 10.2 Å². The highest BCUT2D eigenvalue weighted by Gasteiger charge is 2.67. The highest BCUT2D eigenvalue weighted by Crippen LogP contribution is 2.68. The number of hydrogen-bond acceptors (Lipinski definition) is 7. The number of aromatic nitrogens is 4. The van der Waals surface area contributed by atoms with E-state index < -0.39 is 94.0 Å². The molecule has 0 bridgehead atoms. The smallest absolute Gasteiger partial charge is 0.293 e. The molecule has 11 nitrogen and oxygen atoms in total. The second-order valence-electron chi connectivity index (χ2n) is 16.1. The summed E-state index contributed by atoms with van der Waals surface area (Å²) in [5.74, 6) is -12.8. The first-order valence-electron chi connectivity index (χ1n) is 19.2. The lowest BCUT2D eigenvalue weighted by Gasteiger charge is -2.37. The first kappa shape index (κ1) is 41.1. The van der Waals surface area contributed by atoms with E-state index in [0.29, 0.717) is 35.6 Å². The second-order valence-corrected chi connectivity index (χ2v) is 18.2. The number of amides is 1. The summed E-state index contributed by atoms with van der Waals surface area (Å²) in [5, 5.41) is 11.0. The first-order valence-corrected chi connectivity index (χ1v) is 21.5. The molecule has 0 saturated heterocycles. The number of carbonyl (C=O) groups excluding carboxylic acids is 1. The Morgan fingerprint density at radius 1 is 1.05 bits per heavy atom. The quantitative estimate of drug-likeness (QED) is 0.121. The number of nitrogens with zero attached hydrogens (tertiary/aromatic N) is 6. The Morgan fingerprint density at radius 3 is 2.43 bits per heavy atom. The van der Waals surface area contributed by atoms with E-state index in [2.05, 4.69) is 20.2 Å². The number of alkyl halides is 6. The van der Waals surface area contributed by atoms with Gasteiger partial charge in [0.25, 0.3) is 18.3 Å². The van der Waals surface area contributed by atoms with Crippen LogP contribution in [0, 0.1) is 23.5 Å². The summed E-state index contributed by atoms with van der Waals surface area (Å²) in [5.41, 5.74) is -1.21. The Labute approximate surface area is 347 Å². The summed E-state index contributed by atoms with van der Waals surface area (Å²) >= 11 is 6.63. The van der Waals surface area contributed by atoms with Crippen LogP contribution >= 0.6 is 11.6 Å². The monoisotopic (exact) mass is 894 g/mol. The summed E-state index contributed by atoms with van der Waals surface area (Å²) in [6.07, 6.45) is -1.40. The fourth-order valence-electron chi connectivity index (χ4n) is 8.87. The zero-order valence-electron chi connectivity index (χ0n) is 32.2. The number of anilines is 2. The molecule has 1 aliphatic heterocycles. The minimum absolute atomic E-state index is 0.00421. The summed E-state index contributed by atoms with van der Waals surface area (Å²) in [7, 11) is -2.37. The number of nitrogens with one attached hydrogen (secondary N) is 2. The Bertz CT molecular complexity index is 2770. The van der Waals surface area contributed by atoms with Crippen molar-refractivity contribution in [3.05, 3.63) is 98.8 Å². The van der Waals surface area contributed by atoms with Crippen LogP contribution in [0.1, 0.15) is 71.7 Å². The third-order valence-corrected chi connectivity index (χ3v) is 12.8. The van der Waals surface area contributed by atoms with Crippen molar-refractivity contribution < 1.29 is 48.3 Å². The van der Waals surface area contributed by atoms with Crippen LogP contribution in [0.3, 0.4) is 0 Å². The van der Waals surface area contributed by atoms with Crippen molar-refractivity contribution in [2.45, 2.75) is 75.4 Å². The number of sulfonamides is 1. The van der Waals surface area contributed by atoms with E-state index >= 15 is 17.6 Å². The third-order valence-electron chi connectivity index (χ3n) is 11.9. The number of fused-ring (bicyclic) bond motifs is 5. The SMILES string of the molecule is Cn1nc(NS(C)(=O)=O)c2c(Cl)ccc(N3Cc4ccc(C(F)(F)C5CCC5)cc4N=C3[C@H](Cc3cc(F)cc(F)c3)NC(=O)Cn3nc(C(F)F)c4c3C(F)(F)[C@@H]3C[C@H]43)c21. The Kier molecular flexibility index (Phi) is 9.72. The van der Waals surface area contributed by atoms with Crippen molar-refractivity contribution >= 4 is 61.5 Å². The average Bonchev–Trinajstić information content (AvgIpc) is 3.68. The normalized spacial score (nSPS) is 19.9. The maximum Gasteiger partial charge on any atom is 0.293 e. The van der Waals surface area contributed by atoms with Gasteiger partial charge in [-0.2, -0.15) is 19.0 Å². The van der Waals surface area contributed by atoms with Crippen LogP contribution in [0.2, 0.25) is 5.02 Å². The van der Waals surface area contributed by atoms with Gasteiger partial charge in [0.2, 0.25) is 15.9 Å². The van der Waals surface area contributed by atoms with E-state index in [1.165, 1.54) is 36.0 Å². The van der Waals surface area contributed by atoms with E-state index in [1.807, 2.05) is 0 Å². The predicted octanol–water partition coefficient (Wildman–Crippen LogP) is 8.59. The molecule has 3 heterocycles. The number of benzene rings is 3. The molecule has 0 radical (unpaired) electrons. The summed E-state index contributed by atoms with van der Waals surface area (Å²) < 4.78 is 149. The van der Waals surface area contributed by atoms with Crippen LogP contribution in [0.25, 0.3) is 10.9 Å². The van der Waals surface area contributed by atoms with Crippen molar-refractivity contribution in [1.82, 2.24) is 24.9 Å². The Balaban J connectivity index is 1.19. The minimum atomic E-state index is -3.88. The molecule has 2 saturated carbocycles. The number of aryl methyl sites for hydroxylation is 1. The summed E-state index contributed by atoms with van der Waals surface area (Å²) in [4.78, 5) is 20.5. The van der Waals surface area contributed by atoms with Crippen molar-refractivity contribution in [2.24, 2.45) is 23.9 Å². The van der Waals surface area contributed by atoms with Crippen molar-refractivity contribution in [1.29, 1.82) is 0 Å². The number of hydrogen-bond donors (Lipinski definition) is 2. The molecule has 61 heavy (non-hydrogen) atoms. The van der Waals surface area contributed by atoms with E-state index in [4.69, 9.17) is 16.6 Å². The van der Waals surface area contributed by atoms with Gasteiger partial charge in [-0.25, -0.2) is 39.8 Å². The average molecular weight is 895 g/mol. The van der Waals surface area contributed by atoms with Crippen LogP contribution in [-0.2, 0) is 53.2 Å². The van der Waals surface area contributed by atoms with Crippen molar-refractivity contribution in [3.8, 4) is 0 Å². The number of halogens is 9. The molecule has 2 fully saturated rings. The van der Waals surface area contributed by atoms with Gasteiger partial charge in [0.15, 0.2) is 5.82 Å². The summed E-state index contributed by atoms with van der Waals surface area (Å²) in [6, 6.07) is 8.20. The number of carbonyl (C=O) groups is 1. The molecular formula is C40H35ClF8N8O3S. The van der Waals surface area contributed by atoms with Crippen LogP contribution < -0.4 is 14.9 Å². The Morgan fingerprint density at radius 2 is 1.77 bits per heavy atom. The maximum absolute atomic E-state index is 15.7. The van der Waals surface area contributed by atoms with Gasteiger partial charge in [-0.1, -0.05) is 30.2 Å². The number of aliphatic imine (C=N–C) groups is 1. The molecule has 2 N–H and O–H groups in total. The van der Waals surface area contributed by atoms with Crippen LogP contribution in [0.4, 0.5) is 52.3 Å². The van der Waals surface area contributed by atoms with E-state index in [0.717, 1.165) is 18.4 Å². The Hall–Kier alpha value is -5.24. The van der Waals surface area contributed by atoms with Gasteiger partial charge in [0.05, 0.1) is 46.1 Å². The van der Waals surface area contributed by atoms with Crippen molar-refractivity contribution in [2.75, 3.05) is 15.9 Å². The molecule has 5 aromatic rings. The maximum atomic E-state index is 15.7. The highest BCUT2D eigenvalue weighted by molar-refractivity contribution is 7.92. The molecule has 2 aromatic heterocycles. The van der Waals surface area contributed by atoms with Gasteiger partial charge in [-0.05, 0) is 66.6 Å². The van der Waals surface area contributed by atoms with Gasteiger partial charge in [-0.3, -0.25) is 18.9 Å². The zero-order valence-corrected chi connectivity index (χ0v) is 33.7. The molecule has 3 aliphatic carbocycles. The number of amidine groups is 1. The lowest BCUT2D eigenvalue weighted by molar-refractivity contribution is -0.122. The van der Waals surface area contributed by atoms with Gasteiger partial charge >= 0.3 is 0 Å². The minimum Gasteiger partial charge on any atom is -0.344 e. The molecule has 4 aliphatic rings. The van der Waals surface area contributed by atoms with Crippen LogP contribution in [0.15, 0.2) is 53.5 Å². The summed E-state index contributed by atoms with van der Waals surface area (Å²) in [6.45, 7) is -1.09. The van der Waals surface area contributed by atoms with Gasteiger partial charge in [0, 0.05) is 42.5 Å². The second kappa shape index (κ2) is 14.4. The van der Waals surface area contributed by atoms with Crippen molar-refractivity contribution in [3.63, 3.8) is 0 Å². The largest absolute Gasteiger partial charge is 0.344 e. The third kappa shape index (κ3) is 7.17. The highest BCUT2D eigenvalue weighted by atomic mass is 35.5. The zero-order chi connectivity index (χ0) is 43.5. The molecule has 0 unspecified atom stereocenters. The molecule has 3 aromatic carbocycles. The fraction of sp³-hybridized carbons (Fsp3) is 0.400. The van der Waals surface area contributed by atoms with E-state index in [1.54, 1.807) is 11.0 Å². The molecular weight excluding hydrogens is 860 g/mol. The molecule has 21 heteroatoms. The van der Waals surface area contributed by atoms with Crippen LogP contribution in [0.5, 0.6) is 0 Å². The van der Waals surface area contributed by atoms with E-state index in [9.17, 15) is 30.8 Å². The number of rotatable bonds is 12. The lowest BCUT2D eigenvalue weighted by Crippen LogP contribution is -2.51. The van der Waals surface area contributed by atoms with Gasteiger partial charge in [-0.15, -0.1) is 0 Å². The van der Waals surface area contributed by atoms with Crippen LogP contribution in [-0.4, -0.2) is 52.0 Å². The fourth-order valence-corrected chi connectivity index (χ4v) is 9.61.